The number of nitrogens with one attached hydrogen (secondary N) is 1. The molecular weight excluding hydrogens is 346 g/mol. The van der Waals surface area contributed by atoms with Crippen LogP contribution < -0.4 is 5.32 Å². The van der Waals surface area contributed by atoms with Gasteiger partial charge in [0, 0.05) is 16.1 Å². The molecule has 1 aromatic heterocycles. The quantitative estimate of drug-likeness (QED) is 0.843. The number of halogens is 1. The average Bonchev–Trinajstić information content (AvgIpc) is 3.09. The highest BCUT2D eigenvalue weighted by atomic mass is 35.5. The summed E-state index contributed by atoms with van der Waals surface area (Å²) in [7, 11) is 0. The van der Waals surface area contributed by atoms with Gasteiger partial charge < -0.3 is 10.1 Å². The summed E-state index contributed by atoms with van der Waals surface area (Å²) < 4.78 is 5.21. The first-order valence-electron chi connectivity index (χ1n) is 7.47. The van der Waals surface area contributed by atoms with Crippen molar-refractivity contribution in [3.8, 4) is 0 Å². The van der Waals surface area contributed by atoms with Crippen molar-refractivity contribution in [2.75, 3.05) is 6.61 Å². The van der Waals surface area contributed by atoms with Gasteiger partial charge in [-0.2, -0.15) is 0 Å². The minimum absolute atomic E-state index is 0.311. The zero-order valence-corrected chi connectivity index (χ0v) is 14.8. The predicted molar refractivity (Wildman–Crippen MR) is 95.3 cm³/mol. The number of rotatable bonds is 4. The first kappa shape index (κ1) is 16.7. The molecule has 124 valence electrons. The molecule has 0 radical (unpaired) electrons. The van der Waals surface area contributed by atoms with E-state index >= 15 is 0 Å². The molecule has 7 heteroatoms. The SMILES string of the molecule is CCOC(=O)C1=C(C)NC(c2cscn2)=N[C@H]1c1ccc(Cl)cc1. The smallest absolute Gasteiger partial charge is 0.338 e. The summed E-state index contributed by atoms with van der Waals surface area (Å²) in [5.74, 6) is 0.269. The van der Waals surface area contributed by atoms with Gasteiger partial charge in [-0.15, -0.1) is 11.3 Å². The van der Waals surface area contributed by atoms with Crippen molar-refractivity contribution >= 4 is 34.7 Å². The van der Waals surface area contributed by atoms with E-state index in [0.717, 1.165) is 11.3 Å². The second-order valence-corrected chi connectivity index (χ2v) is 6.34. The van der Waals surface area contributed by atoms with E-state index in [1.165, 1.54) is 11.3 Å². The van der Waals surface area contributed by atoms with Gasteiger partial charge in [0.2, 0.25) is 0 Å². The fraction of sp³-hybridized carbons (Fsp3) is 0.235. The highest BCUT2D eigenvalue weighted by Gasteiger charge is 2.30. The Morgan fingerprint density at radius 1 is 1.38 bits per heavy atom. The summed E-state index contributed by atoms with van der Waals surface area (Å²) in [6.45, 7) is 3.94. The molecule has 0 saturated heterocycles. The standard InChI is InChI=1S/C17H16ClN3O2S/c1-3-23-17(22)14-10(2)20-16(13-8-24-9-19-13)21-15(14)11-4-6-12(18)7-5-11/h4-9,15H,3H2,1-2H3,(H,20,21)/t15-/m0/s1. The molecule has 5 nitrogen and oxygen atoms in total. The third-order valence-electron chi connectivity index (χ3n) is 3.60. The number of nitrogens with zero attached hydrogens (tertiary/aromatic N) is 2. The molecule has 0 saturated carbocycles. The van der Waals surface area contributed by atoms with Crippen molar-refractivity contribution < 1.29 is 9.53 Å². The summed E-state index contributed by atoms with van der Waals surface area (Å²) in [4.78, 5) is 21.4. The van der Waals surface area contributed by atoms with Crippen LogP contribution >= 0.6 is 22.9 Å². The van der Waals surface area contributed by atoms with E-state index < -0.39 is 6.04 Å². The van der Waals surface area contributed by atoms with Gasteiger partial charge in [-0.05, 0) is 31.5 Å². The predicted octanol–water partition coefficient (Wildman–Crippen LogP) is 3.72. The van der Waals surface area contributed by atoms with Crippen LogP contribution in [0, 0.1) is 0 Å². The lowest BCUT2D eigenvalue weighted by molar-refractivity contribution is -0.138. The van der Waals surface area contributed by atoms with Crippen LogP contribution in [0.3, 0.4) is 0 Å². The van der Waals surface area contributed by atoms with E-state index in [1.807, 2.05) is 24.4 Å². The molecule has 3 rings (SSSR count). The van der Waals surface area contributed by atoms with E-state index in [1.54, 1.807) is 24.6 Å². The lowest BCUT2D eigenvalue weighted by Gasteiger charge is -2.25. The number of amidine groups is 1. The Hall–Kier alpha value is -2.18. The van der Waals surface area contributed by atoms with E-state index in [0.29, 0.717) is 28.7 Å². The Morgan fingerprint density at radius 3 is 2.75 bits per heavy atom. The molecule has 0 bridgehead atoms. The lowest BCUT2D eigenvalue weighted by atomic mass is 9.96. The summed E-state index contributed by atoms with van der Waals surface area (Å²) in [6.07, 6.45) is 0. The van der Waals surface area contributed by atoms with Crippen LogP contribution in [0.2, 0.25) is 5.02 Å². The molecule has 1 aliphatic rings. The highest BCUT2D eigenvalue weighted by Crippen LogP contribution is 2.32. The van der Waals surface area contributed by atoms with Crippen molar-refractivity contribution in [2.45, 2.75) is 19.9 Å². The lowest BCUT2D eigenvalue weighted by Crippen LogP contribution is -2.33. The molecule has 24 heavy (non-hydrogen) atoms. The molecule has 0 amide bonds. The van der Waals surface area contributed by atoms with E-state index in [-0.39, 0.29) is 5.97 Å². The summed E-state index contributed by atoms with van der Waals surface area (Å²) >= 11 is 7.47. The Bertz CT molecular complexity index is 798. The largest absolute Gasteiger partial charge is 0.463 e. The normalized spacial score (nSPS) is 17.3. The van der Waals surface area contributed by atoms with Gasteiger partial charge in [0.25, 0.3) is 0 Å². The number of aliphatic imine (C=N–C) groups is 1. The van der Waals surface area contributed by atoms with Crippen LogP contribution in [-0.4, -0.2) is 23.4 Å². The minimum Gasteiger partial charge on any atom is -0.463 e. The van der Waals surface area contributed by atoms with Crippen molar-refractivity contribution in [3.63, 3.8) is 0 Å². The Kier molecular flexibility index (Phi) is 4.97. The Morgan fingerprint density at radius 2 is 2.12 bits per heavy atom. The summed E-state index contributed by atoms with van der Waals surface area (Å²) in [6, 6.07) is 6.85. The maximum absolute atomic E-state index is 12.4. The van der Waals surface area contributed by atoms with Crippen LogP contribution in [0.4, 0.5) is 0 Å². The molecule has 0 aliphatic carbocycles. The number of thiazole rings is 1. The molecule has 1 aromatic carbocycles. The number of esters is 1. The molecule has 0 spiro atoms. The average molecular weight is 362 g/mol. The molecule has 2 heterocycles. The number of benzene rings is 1. The number of carbonyl (C=O) groups excluding carboxylic acids is 1. The van der Waals surface area contributed by atoms with Crippen molar-refractivity contribution in [1.29, 1.82) is 0 Å². The topological polar surface area (TPSA) is 63.6 Å². The molecule has 2 aromatic rings. The Labute approximate surface area is 149 Å². The fourth-order valence-electron chi connectivity index (χ4n) is 2.50. The number of hydrogen-bond donors (Lipinski definition) is 1. The van der Waals surface area contributed by atoms with E-state index in [4.69, 9.17) is 21.3 Å². The van der Waals surface area contributed by atoms with Crippen molar-refractivity contribution in [1.82, 2.24) is 10.3 Å². The van der Waals surface area contributed by atoms with Crippen LogP contribution in [0.5, 0.6) is 0 Å². The maximum Gasteiger partial charge on any atom is 0.338 e. The van der Waals surface area contributed by atoms with Crippen LogP contribution in [0.15, 0.2) is 51.4 Å². The number of hydrogen-bond acceptors (Lipinski definition) is 6. The maximum atomic E-state index is 12.4. The Balaban J connectivity index is 2.06. The van der Waals surface area contributed by atoms with E-state index in [9.17, 15) is 4.79 Å². The number of ether oxygens (including phenoxy) is 1. The molecular formula is C17H16ClN3O2S. The van der Waals surface area contributed by atoms with Crippen molar-refractivity contribution in [2.24, 2.45) is 4.99 Å². The second-order valence-electron chi connectivity index (χ2n) is 5.19. The summed E-state index contributed by atoms with van der Waals surface area (Å²) in [5.41, 5.74) is 4.58. The molecule has 1 atom stereocenters. The van der Waals surface area contributed by atoms with Gasteiger partial charge in [-0.25, -0.2) is 9.78 Å². The van der Waals surface area contributed by atoms with Gasteiger partial charge >= 0.3 is 5.97 Å². The molecule has 0 fully saturated rings. The van der Waals surface area contributed by atoms with Crippen LogP contribution in [0.1, 0.15) is 31.1 Å². The van der Waals surface area contributed by atoms with Crippen molar-refractivity contribution in [3.05, 3.63) is 62.7 Å². The third kappa shape index (κ3) is 3.34. The third-order valence-corrected chi connectivity index (χ3v) is 4.44. The van der Waals surface area contributed by atoms with Gasteiger partial charge in [0.15, 0.2) is 5.84 Å². The zero-order valence-electron chi connectivity index (χ0n) is 13.2. The fourth-order valence-corrected chi connectivity index (χ4v) is 3.16. The minimum atomic E-state index is -0.459. The van der Waals surface area contributed by atoms with Gasteiger partial charge in [0.05, 0.1) is 17.7 Å². The highest BCUT2D eigenvalue weighted by molar-refractivity contribution is 7.07. The number of allylic oxidation sites excluding steroid dienone is 1. The summed E-state index contributed by atoms with van der Waals surface area (Å²) in [5, 5.41) is 5.71. The van der Waals surface area contributed by atoms with Gasteiger partial charge in [0.1, 0.15) is 11.7 Å². The van der Waals surface area contributed by atoms with E-state index in [2.05, 4.69) is 10.3 Å². The van der Waals surface area contributed by atoms with Gasteiger partial charge in [-0.1, -0.05) is 23.7 Å². The monoisotopic (exact) mass is 361 g/mol. The first-order chi connectivity index (χ1) is 11.6. The molecule has 1 aliphatic heterocycles. The van der Waals surface area contributed by atoms with Crippen LogP contribution in [0.25, 0.3) is 0 Å². The molecule has 0 unspecified atom stereocenters. The van der Waals surface area contributed by atoms with Crippen LogP contribution in [-0.2, 0) is 9.53 Å². The van der Waals surface area contributed by atoms with Gasteiger partial charge in [-0.3, -0.25) is 4.99 Å². The number of carbonyl (C=O) groups is 1. The zero-order chi connectivity index (χ0) is 17.1. The number of aromatic nitrogens is 1. The molecule has 1 N–H and O–H groups in total. The first-order valence-corrected chi connectivity index (χ1v) is 8.79. The second kappa shape index (κ2) is 7.15.